The Morgan fingerprint density at radius 3 is 2.68 bits per heavy atom. The van der Waals surface area contributed by atoms with Crippen LogP contribution in [0.3, 0.4) is 0 Å². The summed E-state index contributed by atoms with van der Waals surface area (Å²) in [6.45, 7) is 2.75. The topological polar surface area (TPSA) is 52.0 Å². The Morgan fingerprint density at radius 1 is 1.24 bits per heavy atom. The van der Waals surface area contributed by atoms with E-state index in [-0.39, 0.29) is 18.2 Å². The fourth-order valence-corrected chi connectivity index (χ4v) is 3.56. The fourth-order valence-electron chi connectivity index (χ4n) is 2.82. The van der Waals surface area contributed by atoms with Gasteiger partial charge in [-0.05, 0) is 56.1 Å². The zero-order valence-electron chi connectivity index (χ0n) is 14.3. The van der Waals surface area contributed by atoms with Crippen LogP contribution < -0.4 is 10.1 Å². The molecule has 1 aliphatic heterocycles. The van der Waals surface area contributed by atoms with Crippen LogP contribution in [0.1, 0.15) is 18.7 Å². The van der Waals surface area contributed by atoms with Crippen molar-refractivity contribution in [2.24, 2.45) is 13.0 Å². The van der Waals surface area contributed by atoms with Gasteiger partial charge in [-0.15, -0.1) is 22.6 Å². The second-order valence-electron chi connectivity index (χ2n) is 6.01. The van der Waals surface area contributed by atoms with Crippen molar-refractivity contribution in [1.82, 2.24) is 20.1 Å². The van der Waals surface area contributed by atoms with Crippen LogP contribution in [0.4, 0.5) is 4.39 Å². The minimum atomic E-state index is -0.253. The van der Waals surface area contributed by atoms with Gasteiger partial charge in [0.1, 0.15) is 17.4 Å². The van der Waals surface area contributed by atoms with Crippen LogP contribution in [0.2, 0.25) is 0 Å². The van der Waals surface area contributed by atoms with Crippen LogP contribution in [-0.4, -0.2) is 40.2 Å². The second-order valence-corrected chi connectivity index (χ2v) is 7.07. The molecule has 1 fully saturated rings. The summed E-state index contributed by atoms with van der Waals surface area (Å²) in [5.74, 6) is 2.97. The van der Waals surface area contributed by atoms with Crippen LogP contribution in [0.15, 0.2) is 29.4 Å². The molecule has 3 rings (SSSR count). The molecule has 0 spiro atoms. The molecule has 8 heteroatoms. The maximum Gasteiger partial charge on any atom is 0.191 e. The van der Waals surface area contributed by atoms with Crippen molar-refractivity contribution in [2.75, 3.05) is 25.4 Å². The predicted octanol–water partition coefficient (Wildman–Crippen LogP) is 3.09. The number of nitrogens with one attached hydrogen (secondary N) is 1. The number of aromatic nitrogens is 3. The van der Waals surface area contributed by atoms with Gasteiger partial charge in [0.2, 0.25) is 0 Å². The molecule has 138 valence electrons. The van der Waals surface area contributed by atoms with E-state index in [2.05, 4.69) is 20.1 Å². The van der Waals surface area contributed by atoms with Gasteiger partial charge < -0.3 is 14.6 Å². The van der Waals surface area contributed by atoms with Crippen LogP contribution >= 0.6 is 24.2 Å². The SMILES string of the molecule is Cl.Cn1c(CC2CCNCC2)nnc1SCCOc1ccc(F)cc1. The largest absolute Gasteiger partial charge is 0.493 e. The molecule has 1 aliphatic rings. The lowest BCUT2D eigenvalue weighted by molar-refractivity contribution is 0.343. The van der Waals surface area contributed by atoms with Crippen molar-refractivity contribution in [1.29, 1.82) is 0 Å². The molecule has 0 atom stereocenters. The third-order valence-electron chi connectivity index (χ3n) is 4.25. The molecule has 0 radical (unpaired) electrons. The van der Waals surface area contributed by atoms with E-state index in [9.17, 15) is 4.39 Å². The first-order valence-electron chi connectivity index (χ1n) is 8.32. The van der Waals surface area contributed by atoms with Gasteiger partial charge in [-0.3, -0.25) is 0 Å². The predicted molar refractivity (Wildman–Crippen MR) is 100 cm³/mol. The van der Waals surface area contributed by atoms with Crippen LogP contribution in [0.25, 0.3) is 0 Å². The van der Waals surface area contributed by atoms with Crippen molar-refractivity contribution >= 4 is 24.2 Å². The molecule has 2 heterocycles. The van der Waals surface area contributed by atoms with Gasteiger partial charge in [0.15, 0.2) is 5.16 Å². The van der Waals surface area contributed by atoms with Crippen molar-refractivity contribution in [3.8, 4) is 5.75 Å². The van der Waals surface area contributed by atoms with Gasteiger partial charge in [0, 0.05) is 19.2 Å². The quantitative estimate of drug-likeness (QED) is 0.585. The summed E-state index contributed by atoms with van der Waals surface area (Å²) in [5.41, 5.74) is 0. The highest BCUT2D eigenvalue weighted by Crippen LogP contribution is 2.21. The Morgan fingerprint density at radius 2 is 1.96 bits per heavy atom. The van der Waals surface area contributed by atoms with E-state index >= 15 is 0 Å². The molecule has 5 nitrogen and oxygen atoms in total. The van der Waals surface area contributed by atoms with Crippen LogP contribution in [-0.2, 0) is 13.5 Å². The maximum absolute atomic E-state index is 12.8. The molecule has 0 amide bonds. The van der Waals surface area contributed by atoms with E-state index in [1.165, 1.54) is 25.0 Å². The highest BCUT2D eigenvalue weighted by atomic mass is 35.5. The molecule has 0 unspecified atom stereocenters. The van der Waals surface area contributed by atoms with Crippen molar-refractivity contribution < 1.29 is 9.13 Å². The minimum Gasteiger partial charge on any atom is -0.493 e. The van der Waals surface area contributed by atoms with Gasteiger partial charge in [-0.1, -0.05) is 11.8 Å². The summed E-state index contributed by atoms with van der Waals surface area (Å²) in [6, 6.07) is 6.08. The summed E-state index contributed by atoms with van der Waals surface area (Å²) in [5, 5.41) is 12.9. The van der Waals surface area contributed by atoms with Crippen molar-refractivity contribution in [3.05, 3.63) is 35.9 Å². The summed E-state index contributed by atoms with van der Waals surface area (Å²) >= 11 is 1.63. The molecule has 1 saturated heterocycles. The number of rotatable bonds is 7. The van der Waals surface area contributed by atoms with E-state index < -0.39 is 0 Å². The van der Waals surface area contributed by atoms with E-state index in [1.807, 2.05) is 7.05 Å². The summed E-state index contributed by atoms with van der Waals surface area (Å²) in [4.78, 5) is 0. The van der Waals surface area contributed by atoms with E-state index in [4.69, 9.17) is 4.74 Å². The van der Waals surface area contributed by atoms with E-state index in [0.29, 0.717) is 18.3 Å². The minimum absolute atomic E-state index is 0. The average Bonchev–Trinajstić information content (AvgIpc) is 2.94. The normalized spacial score (nSPS) is 15.0. The third-order valence-corrected chi connectivity index (χ3v) is 5.24. The first kappa shape index (κ1) is 20.0. The van der Waals surface area contributed by atoms with Crippen LogP contribution in [0.5, 0.6) is 5.75 Å². The van der Waals surface area contributed by atoms with E-state index in [1.54, 1.807) is 23.9 Å². The fraction of sp³-hybridized carbons (Fsp3) is 0.529. The number of benzene rings is 1. The van der Waals surface area contributed by atoms with Crippen molar-refractivity contribution in [3.63, 3.8) is 0 Å². The maximum atomic E-state index is 12.8. The smallest absolute Gasteiger partial charge is 0.191 e. The van der Waals surface area contributed by atoms with Gasteiger partial charge in [0.05, 0.1) is 6.61 Å². The van der Waals surface area contributed by atoms with Gasteiger partial charge >= 0.3 is 0 Å². The highest BCUT2D eigenvalue weighted by molar-refractivity contribution is 7.99. The Labute approximate surface area is 158 Å². The molecular formula is C17H24ClFN4OS. The van der Waals surface area contributed by atoms with E-state index in [0.717, 1.165) is 36.2 Å². The second kappa shape index (κ2) is 9.99. The summed E-state index contributed by atoms with van der Waals surface area (Å²) in [6.07, 6.45) is 3.42. The zero-order valence-corrected chi connectivity index (χ0v) is 15.9. The molecule has 25 heavy (non-hydrogen) atoms. The summed E-state index contributed by atoms with van der Waals surface area (Å²) in [7, 11) is 2.03. The molecule has 0 saturated carbocycles. The van der Waals surface area contributed by atoms with Gasteiger partial charge in [-0.25, -0.2) is 4.39 Å². The lowest BCUT2D eigenvalue weighted by Crippen LogP contribution is -2.29. The first-order chi connectivity index (χ1) is 11.7. The average molecular weight is 387 g/mol. The first-order valence-corrected chi connectivity index (χ1v) is 9.31. The molecule has 0 bridgehead atoms. The standard InChI is InChI=1S/C17H23FN4OS.ClH/c1-22-16(12-13-6-8-19-9-7-13)20-21-17(22)24-11-10-23-15-4-2-14(18)3-5-15;/h2-5,13,19H,6-12H2,1H3;1H. The monoisotopic (exact) mass is 386 g/mol. The number of piperidine rings is 1. The lowest BCUT2D eigenvalue weighted by atomic mass is 9.94. The van der Waals surface area contributed by atoms with Gasteiger partial charge in [-0.2, -0.15) is 0 Å². The number of hydrogen-bond donors (Lipinski definition) is 1. The number of thioether (sulfide) groups is 1. The molecule has 0 aliphatic carbocycles. The zero-order chi connectivity index (χ0) is 16.8. The lowest BCUT2D eigenvalue weighted by Gasteiger charge is -2.21. The Balaban J connectivity index is 0.00000225. The Kier molecular flexibility index (Phi) is 7.99. The number of nitrogens with zero attached hydrogens (tertiary/aromatic N) is 3. The molecular weight excluding hydrogens is 363 g/mol. The third kappa shape index (κ3) is 5.87. The molecule has 1 N–H and O–H groups in total. The summed E-state index contributed by atoms with van der Waals surface area (Å²) < 4.78 is 20.5. The van der Waals surface area contributed by atoms with Crippen LogP contribution in [0, 0.1) is 11.7 Å². The Hall–Kier alpha value is -1.31. The molecule has 2 aromatic rings. The molecule has 1 aromatic carbocycles. The number of halogens is 2. The van der Waals surface area contributed by atoms with Crippen molar-refractivity contribution in [2.45, 2.75) is 24.4 Å². The Bertz CT molecular complexity index is 647. The highest BCUT2D eigenvalue weighted by Gasteiger charge is 2.17. The van der Waals surface area contributed by atoms with Gasteiger partial charge in [0.25, 0.3) is 0 Å². The number of ether oxygens (including phenoxy) is 1. The number of hydrogen-bond acceptors (Lipinski definition) is 5. The molecule has 1 aromatic heterocycles.